The van der Waals surface area contributed by atoms with E-state index in [4.69, 9.17) is 0 Å². The van der Waals surface area contributed by atoms with Crippen molar-refractivity contribution in [1.82, 2.24) is 31.9 Å². The average Bonchev–Trinajstić information content (AvgIpc) is 3.55. The number of carbonyl (C=O) groups excluding carboxylic acids is 6. The van der Waals surface area contributed by atoms with Gasteiger partial charge in [0.15, 0.2) is 0 Å². The van der Waals surface area contributed by atoms with Gasteiger partial charge in [0.1, 0.15) is 23.2 Å². The lowest BCUT2D eigenvalue weighted by Crippen LogP contribution is -2.64. The number of hydrogen-bond acceptors (Lipinski definition) is 12. The fraction of sp³-hybridized carbons (Fsp3) is 0.568. The van der Waals surface area contributed by atoms with E-state index >= 15 is 0 Å². The van der Waals surface area contributed by atoms with Crippen LogP contribution in [0.5, 0.6) is 0 Å². The smallest absolute Gasteiger partial charge is 0.249 e. The van der Waals surface area contributed by atoms with Crippen molar-refractivity contribution in [2.45, 2.75) is 99.8 Å². The highest BCUT2D eigenvalue weighted by molar-refractivity contribution is 8.76. The van der Waals surface area contributed by atoms with E-state index in [0.29, 0.717) is 18.6 Å². The highest BCUT2D eigenvalue weighted by Gasteiger charge is 2.59. The molecule has 4 aliphatic rings. The fourth-order valence-electron chi connectivity index (χ4n) is 7.68. The van der Waals surface area contributed by atoms with Gasteiger partial charge in [-0.25, -0.2) is 0 Å². The van der Waals surface area contributed by atoms with E-state index in [2.05, 4.69) is 31.9 Å². The largest absolute Gasteiger partial charge is 0.390 e. The van der Waals surface area contributed by atoms with Crippen molar-refractivity contribution in [1.29, 1.82) is 0 Å². The SMILES string of the molecule is CC(C)CC12CSC=CC(=O)NC3CSSCC(NC(=O)C=CSCC4(Cc5ccccc5)CC(C(C)O)(NC3=O)C(=O)N4)C(=O)NC(C(C)O)(C1)C(=O)N2. The lowest BCUT2D eigenvalue weighted by molar-refractivity contribution is -0.136. The molecule has 5 rings (SSSR count). The lowest BCUT2D eigenvalue weighted by atomic mass is 9.80. The van der Waals surface area contributed by atoms with Gasteiger partial charge in [-0.15, -0.1) is 23.5 Å². The molecular weight excluding hydrogens is 785 g/mol. The summed E-state index contributed by atoms with van der Waals surface area (Å²) in [5.74, 6) is -2.95. The Morgan fingerprint density at radius 2 is 1.13 bits per heavy atom. The minimum Gasteiger partial charge on any atom is -0.390 e. The first kappa shape index (κ1) is 43.0. The molecule has 0 spiro atoms. The van der Waals surface area contributed by atoms with E-state index in [1.165, 1.54) is 49.5 Å². The summed E-state index contributed by atoms with van der Waals surface area (Å²) in [4.78, 5) is 82.6. The predicted molar refractivity (Wildman–Crippen MR) is 218 cm³/mol. The Hall–Kier alpha value is -3.16. The second kappa shape index (κ2) is 18.0. The number of nitrogens with one attached hydrogen (secondary N) is 6. The standard InChI is InChI=1S/C37H50N6O8S4/c1-22(2)14-34-18-36(23(3)44,32(50)42-34)40-30(48)26-16-54-55-17-27(39-28(46)10-12-52-20-34)31(49)41-37(24(4)45)19-35(43-33(37)51,15-25-8-6-5-7-9-25)21-53-13-11-29(47)38-26/h5-13,22-24,26-27,44-45H,14-21H2,1-4H3,(H,38,47)(H,39,46)(H,40,48)(H,41,49)(H,42,50)(H,43,51). The third-order valence-corrected chi connectivity index (χ3v) is 14.8. The van der Waals surface area contributed by atoms with E-state index in [1.807, 2.05) is 44.2 Å². The Morgan fingerprint density at radius 1 is 0.673 bits per heavy atom. The molecule has 8 unspecified atom stereocenters. The molecule has 18 heteroatoms. The van der Waals surface area contributed by atoms with Crippen molar-refractivity contribution in [2.75, 3.05) is 23.0 Å². The Kier molecular flexibility index (Phi) is 14.0. The first-order chi connectivity index (χ1) is 26.0. The second-order valence-electron chi connectivity index (χ2n) is 15.3. The molecule has 8 N–H and O–H groups in total. The molecule has 0 radical (unpaired) electrons. The lowest BCUT2D eigenvalue weighted by Gasteiger charge is -2.35. The Balaban J connectivity index is 1.54. The van der Waals surface area contributed by atoms with Crippen LogP contribution in [0, 0.1) is 5.92 Å². The van der Waals surface area contributed by atoms with E-state index < -0.39 is 81.9 Å². The first-order valence-corrected chi connectivity index (χ1v) is 22.7. The normalized spacial score (nSPS) is 33.6. The van der Waals surface area contributed by atoms with Crippen LogP contribution in [0.1, 0.15) is 52.5 Å². The summed E-state index contributed by atoms with van der Waals surface area (Å²) in [5, 5.41) is 42.6. The molecule has 1 aromatic rings. The van der Waals surface area contributed by atoms with Gasteiger partial charge < -0.3 is 42.1 Å². The summed E-state index contributed by atoms with van der Waals surface area (Å²) in [5.41, 5.74) is -4.35. The average molecular weight is 835 g/mol. The molecule has 14 nitrogen and oxygen atoms in total. The molecule has 2 fully saturated rings. The van der Waals surface area contributed by atoms with E-state index in [1.54, 1.807) is 10.8 Å². The molecule has 0 aromatic heterocycles. The van der Waals surface area contributed by atoms with Crippen LogP contribution in [-0.4, -0.2) is 115 Å². The maximum absolute atomic E-state index is 14.1. The molecule has 8 atom stereocenters. The quantitative estimate of drug-likeness (QED) is 0.190. The number of amides is 6. The van der Waals surface area contributed by atoms with Crippen molar-refractivity contribution in [3.05, 3.63) is 58.9 Å². The van der Waals surface area contributed by atoms with Crippen molar-refractivity contribution in [3.8, 4) is 0 Å². The molecule has 1 aromatic carbocycles. The number of hydrogen-bond donors (Lipinski definition) is 8. The van der Waals surface area contributed by atoms with Crippen molar-refractivity contribution >= 4 is 80.6 Å². The van der Waals surface area contributed by atoms with Gasteiger partial charge in [0, 0.05) is 48.0 Å². The van der Waals surface area contributed by atoms with Gasteiger partial charge in [-0.1, -0.05) is 65.8 Å². The first-order valence-electron chi connectivity index (χ1n) is 18.1. The highest BCUT2D eigenvalue weighted by atomic mass is 33.1. The highest BCUT2D eigenvalue weighted by Crippen LogP contribution is 2.40. The second-order valence-corrected chi connectivity index (χ2v) is 19.6. The van der Waals surface area contributed by atoms with Crippen molar-refractivity contribution < 1.29 is 39.0 Å². The summed E-state index contributed by atoms with van der Waals surface area (Å²) in [6.45, 7) is 6.88. The maximum atomic E-state index is 14.1. The summed E-state index contributed by atoms with van der Waals surface area (Å²) in [6.07, 6.45) is 0.912. The van der Waals surface area contributed by atoms with Crippen molar-refractivity contribution in [3.63, 3.8) is 0 Å². The summed E-state index contributed by atoms with van der Waals surface area (Å²) >= 11 is 2.50. The monoisotopic (exact) mass is 834 g/mol. The van der Waals surface area contributed by atoms with E-state index in [-0.39, 0.29) is 36.0 Å². The Morgan fingerprint density at radius 3 is 1.60 bits per heavy atom. The number of aliphatic hydroxyl groups excluding tert-OH is 2. The summed E-state index contributed by atoms with van der Waals surface area (Å²) in [7, 11) is 2.30. The van der Waals surface area contributed by atoms with Gasteiger partial charge in [0.05, 0.1) is 23.3 Å². The number of fused-ring (bicyclic) bond motifs is 9. The van der Waals surface area contributed by atoms with Crippen LogP contribution < -0.4 is 31.9 Å². The molecule has 4 heterocycles. The van der Waals surface area contributed by atoms with E-state index in [0.717, 1.165) is 27.2 Å². The molecule has 55 heavy (non-hydrogen) atoms. The van der Waals surface area contributed by atoms with E-state index in [9.17, 15) is 39.0 Å². The molecular formula is C37H50N6O8S4. The molecule has 0 aliphatic carbocycles. The molecule has 6 amide bonds. The maximum Gasteiger partial charge on any atom is 0.249 e. The minimum absolute atomic E-state index is 0.00386. The van der Waals surface area contributed by atoms with Crippen LogP contribution >= 0.6 is 45.1 Å². The third-order valence-electron chi connectivity index (χ3n) is 10.3. The topological polar surface area (TPSA) is 215 Å². The molecule has 6 bridgehead atoms. The summed E-state index contributed by atoms with van der Waals surface area (Å²) < 4.78 is 0. The van der Waals surface area contributed by atoms with Crippen LogP contribution in [-0.2, 0) is 35.2 Å². The van der Waals surface area contributed by atoms with Crippen LogP contribution in [0.3, 0.4) is 0 Å². The van der Waals surface area contributed by atoms with Crippen LogP contribution in [0.25, 0.3) is 0 Å². The van der Waals surface area contributed by atoms with Gasteiger partial charge in [0.2, 0.25) is 35.4 Å². The molecule has 300 valence electrons. The number of rotatable bonds is 6. The van der Waals surface area contributed by atoms with Gasteiger partial charge >= 0.3 is 0 Å². The third kappa shape index (κ3) is 10.1. The van der Waals surface area contributed by atoms with Gasteiger partial charge in [-0.3, -0.25) is 28.8 Å². The predicted octanol–water partition coefficient (Wildman–Crippen LogP) is 1.14. The zero-order valence-electron chi connectivity index (χ0n) is 31.2. The molecule has 0 saturated carbocycles. The molecule has 4 aliphatic heterocycles. The number of benzene rings is 1. The Bertz CT molecular complexity index is 1700. The fourth-order valence-corrected chi connectivity index (χ4v) is 11.8. The zero-order valence-corrected chi connectivity index (χ0v) is 34.5. The van der Waals surface area contributed by atoms with Gasteiger partial charge in [-0.2, -0.15) is 0 Å². The Labute approximate surface area is 337 Å². The van der Waals surface area contributed by atoms with Crippen LogP contribution in [0.15, 0.2) is 53.3 Å². The van der Waals surface area contributed by atoms with Crippen molar-refractivity contribution in [2.24, 2.45) is 5.92 Å². The molecule has 2 saturated heterocycles. The number of thioether (sulfide) groups is 2. The number of aliphatic hydroxyl groups is 2. The minimum atomic E-state index is -1.74. The summed E-state index contributed by atoms with van der Waals surface area (Å²) in [6, 6.07) is 7.11. The number of carbonyl (C=O) groups is 6. The van der Waals surface area contributed by atoms with Crippen LogP contribution in [0.2, 0.25) is 0 Å². The van der Waals surface area contributed by atoms with Crippen LogP contribution in [0.4, 0.5) is 0 Å². The zero-order chi connectivity index (χ0) is 40.0. The van der Waals surface area contributed by atoms with Gasteiger partial charge in [0.25, 0.3) is 0 Å². The van der Waals surface area contributed by atoms with Gasteiger partial charge in [-0.05, 0) is 49.0 Å².